The fourth-order valence-electron chi connectivity index (χ4n) is 3.28. The lowest BCUT2D eigenvalue weighted by Gasteiger charge is -2.32. The van der Waals surface area contributed by atoms with Crippen molar-refractivity contribution < 1.29 is 8.42 Å². The molecule has 2 aromatic carbocycles. The van der Waals surface area contributed by atoms with Crippen molar-refractivity contribution in [2.45, 2.75) is 13.3 Å². The second-order valence-corrected chi connectivity index (χ2v) is 9.85. The SMILES string of the molecule is Cc1ccc(Cc2nsc(N3CCN(S(=O)(=O)C=Cc4ccccc4)CC3)n2)cc1. The van der Waals surface area contributed by atoms with Gasteiger partial charge in [-0.15, -0.1) is 0 Å². The van der Waals surface area contributed by atoms with Gasteiger partial charge in [-0.1, -0.05) is 60.2 Å². The first-order chi connectivity index (χ1) is 14.5. The fraction of sp³-hybridized carbons (Fsp3) is 0.273. The molecule has 4 rings (SSSR count). The lowest BCUT2D eigenvalue weighted by molar-refractivity contribution is 0.390. The molecular weight excluding hydrogens is 416 g/mol. The Kier molecular flexibility index (Phi) is 6.26. The number of aryl methyl sites for hydroxylation is 1. The smallest absolute Gasteiger partial charge is 0.236 e. The summed E-state index contributed by atoms with van der Waals surface area (Å²) in [6.45, 7) is 4.16. The van der Waals surface area contributed by atoms with Gasteiger partial charge in [-0.05, 0) is 24.1 Å². The first kappa shape index (κ1) is 20.7. The third-order valence-electron chi connectivity index (χ3n) is 5.04. The Morgan fingerprint density at radius 3 is 2.40 bits per heavy atom. The number of benzene rings is 2. The van der Waals surface area contributed by atoms with E-state index < -0.39 is 10.0 Å². The Balaban J connectivity index is 1.35. The van der Waals surface area contributed by atoms with Crippen molar-refractivity contribution in [2.24, 2.45) is 0 Å². The number of nitrogens with zero attached hydrogens (tertiary/aromatic N) is 4. The number of piperazine rings is 1. The van der Waals surface area contributed by atoms with Gasteiger partial charge in [0.2, 0.25) is 15.2 Å². The summed E-state index contributed by atoms with van der Waals surface area (Å²) in [5.41, 5.74) is 3.29. The Labute approximate surface area is 181 Å². The summed E-state index contributed by atoms with van der Waals surface area (Å²) >= 11 is 1.38. The van der Waals surface area contributed by atoms with E-state index in [2.05, 4.69) is 45.4 Å². The fourth-order valence-corrected chi connectivity index (χ4v) is 5.19. The number of sulfonamides is 1. The minimum Gasteiger partial charge on any atom is -0.344 e. The molecule has 1 aliphatic heterocycles. The standard InChI is InChI=1S/C22H24N4O2S2/c1-18-7-9-20(10-8-18)17-21-23-22(29-24-21)25-12-14-26(15-13-25)30(27,28)16-11-19-5-3-2-4-6-19/h2-11,16H,12-15,17H2,1H3. The molecule has 0 N–H and O–H groups in total. The average Bonchev–Trinajstić information content (AvgIpc) is 3.23. The lowest BCUT2D eigenvalue weighted by Crippen LogP contribution is -2.48. The van der Waals surface area contributed by atoms with Gasteiger partial charge < -0.3 is 4.90 Å². The van der Waals surface area contributed by atoms with Crippen LogP contribution in [-0.2, 0) is 16.4 Å². The van der Waals surface area contributed by atoms with Crippen molar-refractivity contribution >= 4 is 32.8 Å². The van der Waals surface area contributed by atoms with Crippen molar-refractivity contribution in [3.63, 3.8) is 0 Å². The zero-order valence-corrected chi connectivity index (χ0v) is 18.4. The second-order valence-electron chi connectivity index (χ2n) is 7.30. The zero-order valence-electron chi connectivity index (χ0n) is 16.8. The van der Waals surface area contributed by atoms with E-state index in [9.17, 15) is 8.42 Å². The maximum Gasteiger partial charge on any atom is 0.236 e. The van der Waals surface area contributed by atoms with E-state index in [-0.39, 0.29) is 0 Å². The first-order valence-corrected chi connectivity index (χ1v) is 12.1. The van der Waals surface area contributed by atoms with E-state index in [1.165, 1.54) is 32.4 Å². The van der Waals surface area contributed by atoms with Crippen molar-refractivity contribution in [3.8, 4) is 0 Å². The molecule has 0 aliphatic carbocycles. The van der Waals surface area contributed by atoms with E-state index in [0.29, 0.717) is 32.6 Å². The number of rotatable bonds is 6. The summed E-state index contributed by atoms with van der Waals surface area (Å²) in [6.07, 6.45) is 2.35. The molecule has 0 radical (unpaired) electrons. The van der Waals surface area contributed by atoms with Crippen molar-refractivity contribution in [1.82, 2.24) is 13.7 Å². The topological polar surface area (TPSA) is 66.4 Å². The molecule has 0 bridgehead atoms. The second kappa shape index (κ2) is 9.07. The molecule has 1 aromatic heterocycles. The molecule has 1 fully saturated rings. The zero-order chi connectivity index (χ0) is 21.0. The van der Waals surface area contributed by atoms with Crippen LogP contribution in [0.5, 0.6) is 0 Å². The molecule has 2 heterocycles. The van der Waals surface area contributed by atoms with Gasteiger partial charge in [0.05, 0.1) is 0 Å². The number of anilines is 1. The molecule has 0 saturated carbocycles. The van der Waals surface area contributed by atoms with Crippen LogP contribution in [0.2, 0.25) is 0 Å². The van der Waals surface area contributed by atoms with Crippen molar-refractivity contribution in [2.75, 3.05) is 31.1 Å². The maximum absolute atomic E-state index is 12.6. The molecule has 3 aromatic rings. The summed E-state index contributed by atoms with van der Waals surface area (Å²) < 4.78 is 31.3. The van der Waals surface area contributed by atoms with Gasteiger partial charge in [-0.2, -0.15) is 8.68 Å². The van der Waals surface area contributed by atoms with Crippen molar-refractivity contribution in [1.29, 1.82) is 0 Å². The van der Waals surface area contributed by atoms with Gasteiger partial charge in [-0.25, -0.2) is 13.4 Å². The average molecular weight is 441 g/mol. The Morgan fingerprint density at radius 2 is 1.70 bits per heavy atom. The van der Waals surface area contributed by atoms with Crippen LogP contribution in [-0.4, -0.2) is 48.3 Å². The predicted octanol–water partition coefficient (Wildman–Crippen LogP) is 3.56. The third kappa shape index (κ3) is 5.13. The summed E-state index contributed by atoms with van der Waals surface area (Å²) in [5.74, 6) is 0.805. The van der Waals surface area contributed by atoms with Crippen molar-refractivity contribution in [3.05, 3.63) is 82.5 Å². The molecule has 1 saturated heterocycles. The first-order valence-electron chi connectivity index (χ1n) is 9.86. The number of aromatic nitrogens is 2. The highest BCUT2D eigenvalue weighted by Gasteiger charge is 2.26. The van der Waals surface area contributed by atoms with Crippen LogP contribution in [0, 0.1) is 6.92 Å². The van der Waals surface area contributed by atoms with E-state index in [1.807, 2.05) is 30.3 Å². The predicted molar refractivity (Wildman–Crippen MR) is 122 cm³/mol. The monoisotopic (exact) mass is 440 g/mol. The molecule has 156 valence electrons. The van der Waals surface area contributed by atoms with Crippen LogP contribution in [0.4, 0.5) is 5.13 Å². The number of hydrogen-bond acceptors (Lipinski definition) is 6. The van der Waals surface area contributed by atoms with Gasteiger partial charge in [0, 0.05) is 49.5 Å². The Hall–Kier alpha value is -2.55. The minimum atomic E-state index is -3.43. The van der Waals surface area contributed by atoms with Crippen LogP contribution in [0.25, 0.3) is 6.08 Å². The molecule has 8 heteroatoms. The Morgan fingerprint density at radius 1 is 1.00 bits per heavy atom. The van der Waals surface area contributed by atoms with E-state index in [1.54, 1.807) is 6.08 Å². The van der Waals surface area contributed by atoms with Crippen LogP contribution in [0.15, 0.2) is 60.0 Å². The molecule has 6 nitrogen and oxygen atoms in total. The van der Waals surface area contributed by atoms with Crippen LogP contribution < -0.4 is 4.90 Å². The summed E-state index contributed by atoms with van der Waals surface area (Å²) in [4.78, 5) is 6.78. The maximum atomic E-state index is 12.6. The van der Waals surface area contributed by atoms with E-state index in [4.69, 9.17) is 0 Å². The van der Waals surface area contributed by atoms with Gasteiger partial charge >= 0.3 is 0 Å². The van der Waals surface area contributed by atoms with Gasteiger partial charge in [0.25, 0.3) is 0 Å². The van der Waals surface area contributed by atoms with Crippen LogP contribution in [0.1, 0.15) is 22.5 Å². The summed E-state index contributed by atoms with van der Waals surface area (Å²) in [5, 5.41) is 2.15. The summed E-state index contributed by atoms with van der Waals surface area (Å²) in [7, 11) is -3.43. The lowest BCUT2D eigenvalue weighted by atomic mass is 10.1. The van der Waals surface area contributed by atoms with Gasteiger partial charge in [-0.3, -0.25) is 0 Å². The minimum absolute atomic E-state index is 0.439. The van der Waals surface area contributed by atoms with Gasteiger partial charge in [0.15, 0.2) is 0 Å². The third-order valence-corrected chi connectivity index (χ3v) is 7.42. The van der Waals surface area contributed by atoms with Gasteiger partial charge in [0.1, 0.15) is 5.82 Å². The van der Waals surface area contributed by atoms with E-state index >= 15 is 0 Å². The molecule has 0 spiro atoms. The summed E-state index contributed by atoms with van der Waals surface area (Å²) in [6, 6.07) is 17.8. The highest BCUT2D eigenvalue weighted by atomic mass is 32.2. The molecule has 0 atom stereocenters. The molecule has 0 amide bonds. The molecule has 30 heavy (non-hydrogen) atoms. The highest BCUT2D eigenvalue weighted by Crippen LogP contribution is 2.22. The van der Waals surface area contributed by atoms with Crippen LogP contribution >= 0.6 is 11.5 Å². The quantitative estimate of drug-likeness (QED) is 0.586. The molecule has 1 aliphatic rings. The normalized spacial score (nSPS) is 15.7. The van der Waals surface area contributed by atoms with Crippen LogP contribution in [0.3, 0.4) is 0 Å². The highest BCUT2D eigenvalue weighted by molar-refractivity contribution is 7.92. The molecule has 0 unspecified atom stereocenters. The Bertz CT molecular complexity index is 1100. The van der Waals surface area contributed by atoms with E-state index in [0.717, 1.165) is 16.5 Å². The largest absolute Gasteiger partial charge is 0.344 e. The molecular formula is C22H24N4O2S2. The number of hydrogen-bond donors (Lipinski definition) is 0.